The van der Waals surface area contributed by atoms with Crippen LogP contribution >= 0.6 is 0 Å². The third-order valence-electron chi connectivity index (χ3n) is 3.76. The van der Waals surface area contributed by atoms with E-state index in [9.17, 15) is 4.79 Å². The van der Waals surface area contributed by atoms with Gasteiger partial charge in [0.15, 0.2) is 6.54 Å². The highest BCUT2D eigenvalue weighted by atomic mass is 16.2. The SMILES string of the molecule is Cc1ccc(NC(=O)C[NH+]2CCCCC2)cc1C. The molecule has 1 heterocycles. The van der Waals surface area contributed by atoms with Gasteiger partial charge in [-0.2, -0.15) is 0 Å². The fraction of sp³-hybridized carbons (Fsp3) is 0.533. The summed E-state index contributed by atoms with van der Waals surface area (Å²) >= 11 is 0. The Balaban J connectivity index is 1.88. The Morgan fingerprint density at radius 2 is 1.89 bits per heavy atom. The van der Waals surface area contributed by atoms with E-state index < -0.39 is 0 Å². The maximum atomic E-state index is 11.9. The van der Waals surface area contributed by atoms with Crippen molar-refractivity contribution in [1.29, 1.82) is 0 Å². The lowest BCUT2D eigenvalue weighted by Gasteiger charge is -2.22. The van der Waals surface area contributed by atoms with E-state index in [0.29, 0.717) is 6.54 Å². The molecule has 3 heteroatoms. The van der Waals surface area contributed by atoms with Crippen molar-refractivity contribution in [3.8, 4) is 0 Å². The number of nitrogens with one attached hydrogen (secondary N) is 2. The summed E-state index contributed by atoms with van der Waals surface area (Å²) in [7, 11) is 0. The van der Waals surface area contributed by atoms with Crippen molar-refractivity contribution in [2.24, 2.45) is 0 Å². The standard InChI is InChI=1S/C15H22N2O/c1-12-6-7-14(10-13(12)2)16-15(18)11-17-8-4-3-5-9-17/h6-7,10H,3-5,8-9,11H2,1-2H3,(H,16,18)/p+1. The van der Waals surface area contributed by atoms with Crippen LogP contribution in [0.3, 0.4) is 0 Å². The molecule has 0 atom stereocenters. The second-order valence-corrected chi connectivity index (χ2v) is 5.33. The van der Waals surface area contributed by atoms with Gasteiger partial charge in [-0.3, -0.25) is 4.79 Å². The zero-order chi connectivity index (χ0) is 13.0. The molecule has 0 radical (unpaired) electrons. The molecule has 0 unspecified atom stereocenters. The summed E-state index contributed by atoms with van der Waals surface area (Å²) in [4.78, 5) is 13.4. The van der Waals surface area contributed by atoms with Crippen molar-refractivity contribution in [3.63, 3.8) is 0 Å². The number of hydrogen-bond acceptors (Lipinski definition) is 1. The predicted octanol–water partition coefficient (Wildman–Crippen LogP) is 1.31. The number of anilines is 1. The number of quaternary nitrogens is 1. The third kappa shape index (κ3) is 3.57. The molecule has 1 aliphatic heterocycles. The molecule has 18 heavy (non-hydrogen) atoms. The van der Waals surface area contributed by atoms with Gasteiger partial charge in [0.1, 0.15) is 0 Å². The minimum Gasteiger partial charge on any atom is -0.327 e. The third-order valence-corrected chi connectivity index (χ3v) is 3.76. The maximum absolute atomic E-state index is 11.9. The lowest BCUT2D eigenvalue weighted by Crippen LogP contribution is -3.13. The molecule has 1 amide bonds. The van der Waals surface area contributed by atoms with Gasteiger partial charge in [0.25, 0.3) is 5.91 Å². The van der Waals surface area contributed by atoms with Crippen LogP contribution in [0.2, 0.25) is 0 Å². The highest BCUT2D eigenvalue weighted by molar-refractivity contribution is 5.91. The van der Waals surface area contributed by atoms with E-state index in [0.717, 1.165) is 18.8 Å². The normalized spacial score (nSPS) is 16.6. The average Bonchev–Trinajstić information content (AvgIpc) is 2.35. The van der Waals surface area contributed by atoms with E-state index in [1.54, 1.807) is 0 Å². The second kappa shape index (κ2) is 6.01. The summed E-state index contributed by atoms with van der Waals surface area (Å²) in [6.45, 7) is 7.04. The minimum absolute atomic E-state index is 0.134. The van der Waals surface area contributed by atoms with Gasteiger partial charge in [0, 0.05) is 5.69 Å². The molecular formula is C15H23N2O+. The zero-order valence-corrected chi connectivity index (χ0v) is 11.4. The number of rotatable bonds is 3. The largest absolute Gasteiger partial charge is 0.327 e. The van der Waals surface area contributed by atoms with Gasteiger partial charge in [-0.05, 0) is 56.4 Å². The zero-order valence-electron chi connectivity index (χ0n) is 11.4. The molecule has 1 fully saturated rings. The first-order valence-electron chi connectivity index (χ1n) is 6.86. The van der Waals surface area contributed by atoms with Crippen LogP contribution in [0.1, 0.15) is 30.4 Å². The van der Waals surface area contributed by atoms with E-state index in [1.165, 1.54) is 35.3 Å². The number of benzene rings is 1. The van der Waals surface area contributed by atoms with Crippen molar-refractivity contribution in [2.75, 3.05) is 25.0 Å². The Bertz CT molecular complexity index is 423. The topological polar surface area (TPSA) is 33.5 Å². The first-order chi connectivity index (χ1) is 8.65. The number of aryl methyl sites for hydroxylation is 2. The number of hydrogen-bond donors (Lipinski definition) is 2. The molecule has 3 nitrogen and oxygen atoms in total. The van der Waals surface area contributed by atoms with E-state index in [1.807, 2.05) is 12.1 Å². The van der Waals surface area contributed by atoms with E-state index >= 15 is 0 Å². The van der Waals surface area contributed by atoms with Gasteiger partial charge in [-0.25, -0.2) is 0 Å². The quantitative estimate of drug-likeness (QED) is 0.829. The van der Waals surface area contributed by atoms with Crippen molar-refractivity contribution in [1.82, 2.24) is 0 Å². The monoisotopic (exact) mass is 247 g/mol. The first-order valence-corrected chi connectivity index (χ1v) is 6.86. The summed E-state index contributed by atoms with van der Waals surface area (Å²) in [6, 6.07) is 6.07. The Kier molecular flexibility index (Phi) is 4.37. The molecule has 1 aromatic rings. The molecule has 98 valence electrons. The van der Waals surface area contributed by atoms with Crippen LogP contribution in [0.5, 0.6) is 0 Å². The van der Waals surface area contributed by atoms with Crippen LogP contribution in [-0.2, 0) is 4.79 Å². The molecule has 1 aromatic carbocycles. The summed E-state index contributed by atoms with van der Waals surface area (Å²) in [5.41, 5.74) is 3.40. The van der Waals surface area contributed by atoms with Crippen molar-refractivity contribution in [3.05, 3.63) is 29.3 Å². The van der Waals surface area contributed by atoms with Crippen LogP contribution in [-0.4, -0.2) is 25.5 Å². The fourth-order valence-corrected chi connectivity index (χ4v) is 2.48. The Morgan fingerprint density at radius 3 is 2.56 bits per heavy atom. The van der Waals surface area contributed by atoms with E-state index in [2.05, 4.69) is 25.2 Å². The number of amides is 1. The molecule has 0 spiro atoms. The van der Waals surface area contributed by atoms with Crippen LogP contribution in [0.4, 0.5) is 5.69 Å². The van der Waals surface area contributed by atoms with Gasteiger partial charge in [-0.15, -0.1) is 0 Å². The van der Waals surface area contributed by atoms with Crippen molar-refractivity contribution >= 4 is 11.6 Å². The smallest absolute Gasteiger partial charge is 0.279 e. The molecular weight excluding hydrogens is 224 g/mol. The molecule has 0 aliphatic carbocycles. The number of carbonyl (C=O) groups excluding carboxylic acids is 1. The predicted molar refractivity (Wildman–Crippen MR) is 74.0 cm³/mol. The fourth-order valence-electron chi connectivity index (χ4n) is 2.48. The summed E-state index contributed by atoms with van der Waals surface area (Å²) in [6.07, 6.45) is 3.83. The Labute approximate surface area is 109 Å². The second-order valence-electron chi connectivity index (χ2n) is 5.33. The van der Waals surface area contributed by atoms with Crippen molar-refractivity contribution in [2.45, 2.75) is 33.1 Å². The Hall–Kier alpha value is -1.35. The molecule has 0 saturated carbocycles. The van der Waals surface area contributed by atoms with Gasteiger partial charge < -0.3 is 10.2 Å². The van der Waals surface area contributed by atoms with Gasteiger partial charge in [0.05, 0.1) is 13.1 Å². The van der Waals surface area contributed by atoms with Crippen LogP contribution < -0.4 is 10.2 Å². The summed E-state index contributed by atoms with van der Waals surface area (Å²) in [5.74, 6) is 0.134. The maximum Gasteiger partial charge on any atom is 0.279 e. The van der Waals surface area contributed by atoms with E-state index in [4.69, 9.17) is 0 Å². The van der Waals surface area contributed by atoms with Crippen LogP contribution in [0, 0.1) is 13.8 Å². The molecule has 1 aliphatic rings. The first kappa shape index (κ1) is 13.1. The van der Waals surface area contributed by atoms with Gasteiger partial charge >= 0.3 is 0 Å². The number of piperidine rings is 1. The molecule has 1 saturated heterocycles. The average molecular weight is 247 g/mol. The number of carbonyl (C=O) groups is 1. The van der Waals surface area contributed by atoms with Gasteiger partial charge in [-0.1, -0.05) is 6.07 Å². The molecule has 2 N–H and O–H groups in total. The lowest BCUT2D eigenvalue weighted by molar-refractivity contribution is -0.896. The molecule has 2 rings (SSSR count). The Morgan fingerprint density at radius 1 is 1.17 bits per heavy atom. The molecule has 0 bridgehead atoms. The number of likely N-dealkylation sites (tertiary alicyclic amines) is 1. The summed E-state index contributed by atoms with van der Waals surface area (Å²) in [5, 5.41) is 3.00. The lowest BCUT2D eigenvalue weighted by atomic mass is 10.1. The van der Waals surface area contributed by atoms with Crippen LogP contribution in [0.15, 0.2) is 18.2 Å². The van der Waals surface area contributed by atoms with E-state index in [-0.39, 0.29) is 5.91 Å². The van der Waals surface area contributed by atoms with Crippen molar-refractivity contribution < 1.29 is 9.69 Å². The molecule has 0 aromatic heterocycles. The van der Waals surface area contributed by atoms with Gasteiger partial charge in [0.2, 0.25) is 0 Å². The highest BCUT2D eigenvalue weighted by Gasteiger charge is 2.17. The van der Waals surface area contributed by atoms with Crippen LogP contribution in [0.25, 0.3) is 0 Å². The highest BCUT2D eigenvalue weighted by Crippen LogP contribution is 2.13. The minimum atomic E-state index is 0.134. The summed E-state index contributed by atoms with van der Waals surface area (Å²) < 4.78 is 0.